The highest BCUT2D eigenvalue weighted by Crippen LogP contribution is 2.54. The van der Waals surface area contributed by atoms with E-state index in [2.05, 4.69) is 332 Å². The van der Waals surface area contributed by atoms with E-state index < -0.39 is 0 Å². The molecule has 0 aliphatic heterocycles. The molecular formula is C82H74N4. The highest BCUT2D eigenvalue weighted by Gasteiger charge is 2.31. The fourth-order valence-corrected chi connectivity index (χ4v) is 14.0. The van der Waals surface area contributed by atoms with Crippen molar-refractivity contribution in [3.63, 3.8) is 0 Å². The zero-order valence-electron chi connectivity index (χ0n) is 51.7. The molecule has 422 valence electrons. The molecular weight excluding hydrogens is 1040 g/mol. The second kappa shape index (κ2) is 19.1. The number of benzene rings is 11. The third-order valence-electron chi connectivity index (χ3n) is 18.6. The summed E-state index contributed by atoms with van der Waals surface area (Å²) in [6.45, 7) is 27.7. The minimum atomic E-state index is -0.0455. The molecule has 0 aliphatic carbocycles. The number of nitrogens with zero attached hydrogens (tertiary/aromatic N) is 4. The van der Waals surface area contributed by atoms with Crippen molar-refractivity contribution in [1.82, 2.24) is 8.80 Å². The Morgan fingerprint density at radius 3 is 0.942 bits per heavy atom. The monoisotopic (exact) mass is 1110 g/mol. The molecule has 4 heterocycles. The van der Waals surface area contributed by atoms with Gasteiger partial charge in [-0.05, 0) is 140 Å². The van der Waals surface area contributed by atoms with Crippen molar-refractivity contribution in [2.45, 2.75) is 105 Å². The van der Waals surface area contributed by atoms with E-state index >= 15 is 0 Å². The normalized spacial score (nSPS) is 12.9. The summed E-state index contributed by atoms with van der Waals surface area (Å²) in [6, 6.07) is 87.7. The lowest BCUT2D eigenvalue weighted by Crippen LogP contribution is -2.15. The topological polar surface area (TPSA) is 15.3 Å². The van der Waals surface area contributed by atoms with Crippen LogP contribution in [0, 0.1) is 0 Å². The molecule has 0 atom stereocenters. The Labute approximate surface area is 505 Å². The van der Waals surface area contributed by atoms with Gasteiger partial charge >= 0.3 is 0 Å². The first-order valence-electron chi connectivity index (χ1n) is 30.8. The van der Waals surface area contributed by atoms with Crippen LogP contribution >= 0.6 is 0 Å². The molecule has 0 unspecified atom stereocenters. The zero-order valence-corrected chi connectivity index (χ0v) is 51.7. The molecule has 0 N–H and O–H groups in total. The van der Waals surface area contributed by atoms with Gasteiger partial charge in [-0.2, -0.15) is 0 Å². The molecule has 15 rings (SSSR count). The molecule has 4 heteroatoms. The molecule has 0 saturated carbocycles. The van der Waals surface area contributed by atoms with Crippen LogP contribution < -0.4 is 9.80 Å². The van der Waals surface area contributed by atoms with Gasteiger partial charge < -0.3 is 18.6 Å². The van der Waals surface area contributed by atoms with Crippen LogP contribution in [-0.2, 0) is 21.7 Å². The van der Waals surface area contributed by atoms with Crippen LogP contribution in [0.15, 0.2) is 231 Å². The van der Waals surface area contributed by atoms with Crippen LogP contribution in [0.2, 0.25) is 0 Å². The van der Waals surface area contributed by atoms with Gasteiger partial charge in [0.1, 0.15) is 0 Å². The maximum absolute atomic E-state index is 2.57. The van der Waals surface area contributed by atoms with Gasteiger partial charge in [0, 0.05) is 65.6 Å². The van der Waals surface area contributed by atoms with Crippen molar-refractivity contribution in [2.24, 2.45) is 0 Å². The van der Waals surface area contributed by atoms with E-state index in [-0.39, 0.29) is 21.7 Å². The SMILES string of the molecule is CC(C)(C)c1ccc(-c2cc(C(C)(C)C)ccc2N(c2ccccc2)c2ccc3c4cc5c(cc4n4c6ccccc6c2c34)c2ccc(N(c3ccccc3)c3ccc(C(C)(C)C)cc3-c3ccc(C(C)(C)C)cc3)c3c4ccccc4n5c23)cc1. The fourth-order valence-electron chi connectivity index (χ4n) is 14.0. The van der Waals surface area contributed by atoms with Gasteiger partial charge in [0.15, 0.2) is 0 Å². The predicted molar refractivity (Wildman–Crippen MR) is 371 cm³/mol. The molecule has 0 amide bonds. The maximum atomic E-state index is 2.57. The van der Waals surface area contributed by atoms with Gasteiger partial charge in [0.25, 0.3) is 0 Å². The summed E-state index contributed by atoms with van der Waals surface area (Å²) >= 11 is 0. The second-order valence-electron chi connectivity index (χ2n) is 28.3. The lowest BCUT2D eigenvalue weighted by molar-refractivity contribution is 0.589. The smallest absolute Gasteiger partial charge is 0.0641 e. The van der Waals surface area contributed by atoms with Crippen molar-refractivity contribution < 1.29 is 0 Å². The summed E-state index contributed by atoms with van der Waals surface area (Å²) < 4.78 is 5.14. The highest BCUT2D eigenvalue weighted by atomic mass is 15.2. The Balaban J connectivity index is 0.978. The molecule has 0 radical (unpaired) electrons. The van der Waals surface area contributed by atoms with E-state index in [4.69, 9.17) is 0 Å². The zero-order chi connectivity index (χ0) is 59.3. The minimum Gasteiger partial charge on any atom is -0.309 e. The van der Waals surface area contributed by atoms with E-state index in [1.807, 2.05) is 0 Å². The third kappa shape index (κ3) is 8.31. The van der Waals surface area contributed by atoms with Crippen LogP contribution in [0.1, 0.15) is 105 Å². The molecule has 0 spiro atoms. The number of rotatable bonds is 8. The maximum Gasteiger partial charge on any atom is 0.0641 e. The van der Waals surface area contributed by atoms with Gasteiger partial charge in [0.05, 0.1) is 55.8 Å². The number of hydrogen-bond donors (Lipinski definition) is 0. The van der Waals surface area contributed by atoms with Crippen molar-refractivity contribution in [2.75, 3.05) is 9.80 Å². The van der Waals surface area contributed by atoms with Crippen molar-refractivity contribution in [3.8, 4) is 22.3 Å². The molecule has 0 saturated heterocycles. The molecule has 15 aromatic rings. The lowest BCUT2D eigenvalue weighted by Gasteiger charge is -2.30. The molecule has 0 bridgehead atoms. The Kier molecular flexibility index (Phi) is 11.8. The molecule has 4 aromatic heterocycles. The average Bonchev–Trinajstić information content (AvgIpc) is 1.53. The molecule has 4 nitrogen and oxygen atoms in total. The number of aromatic nitrogens is 2. The van der Waals surface area contributed by atoms with Gasteiger partial charge in [-0.1, -0.05) is 229 Å². The van der Waals surface area contributed by atoms with Gasteiger partial charge in [-0.25, -0.2) is 0 Å². The largest absolute Gasteiger partial charge is 0.309 e. The van der Waals surface area contributed by atoms with Gasteiger partial charge in [-0.15, -0.1) is 0 Å². The van der Waals surface area contributed by atoms with E-state index in [0.29, 0.717) is 0 Å². The van der Waals surface area contributed by atoms with Crippen molar-refractivity contribution in [1.29, 1.82) is 0 Å². The number of hydrogen-bond acceptors (Lipinski definition) is 2. The van der Waals surface area contributed by atoms with E-state index in [1.165, 1.54) is 121 Å². The Bertz CT molecular complexity index is 4780. The summed E-state index contributed by atoms with van der Waals surface area (Å²) in [7, 11) is 0. The Morgan fingerprint density at radius 1 is 0.256 bits per heavy atom. The minimum absolute atomic E-state index is 0.0423. The second-order valence-corrected chi connectivity index (χ2v) is 28.3. The fraction of sp³-hybridized carbons (Fsp3) is 0.195. The molecule has 0 aliphatic rings. The first-order valence-corrected chi connectivity index (χ1v) is 30.8. The summed E-state index contributed by atoms with van der Waals surface area (Å²) in [5, 5.41) is 9.93. The molecule has 0 fully saturated rings. The van der Waals surface area contributed by atoms with Crippen LogP contribution in [0.5, 0.6) is 0 Å². The Hall–Kier alpha value is -9.38. The Morgan fingerprint density at radius 2 is 0.581 bits per heavy atom. The van der Waals surface area contributed by atoms with Crippen LogP contribution in [0.3, 0.4) is 0 Å². The predicted octanol–water partition coefficient (Wildman–Crippen LogP) is 23.5. The quantitative estimate of drug-likeness (QED) is 0.151. The van der Waals surface area contributed by atoms with Crippen LogP contribution in [0.25, 0.3) is 98.4 Å². The first kappa shape index (κ1) is 53.4. The van der Waals surface area contributed by atoms with E-state index in [1.54, 1.807) is 0 Å². The lowest BCUT2D eigenvalue weighted by atomic mass is 9.83. The summed E-state index contributed by atoms with van der Waals surface area (Å²) in [4.78, 5) is 5.05. The van der Waals surface area contributed by atoms with E-state index in [9.17, 15) is 0 Å². The summed E-state index contributed by atoms with van der Waals surface area (Å²) in [5.74, 6) is 0. The third-order valence-corrected chi connectivity index (χ3v) is 18.6. The summed E-state index contributed by atoms with van der Waals surface area (Å²) in [6.07, 6.45) is 0. The molecule has 11 aromatic carbocycles. The average molecular weight is 1120 g/mol. The van der Waals surface area contributed by atoms with Crippen molar-refractivity contribution in [3.05, 3.63) is 253 Å². The summed E-state index contributed by atoms with van der Waals surface area (Å²) in [5.41, 5.74) is 24.2. The van der Waals surface area contributed by atoms with Gasteiger partial charge in [0.2, 0.25) is 0 Å². The van der Waals surface area contributed by atoms with E-state index in [0.717, 1.165) is 34.1 Å². The number of anilines is 6. The van der Waals surface area contributed by atoms with Crippen molar-refractivity contribution >= 4 is 110 Å². The van der Waals surface area contributed by atoms with Crippen LogP contribution in [0.4, 0.5) is 34.1 Å². The molecule has 86 heavy (non-hydrogen) atoms. The first-order chi connectivity index (χ1) is 41.2. The number of fused-ring (bicyclic) bond motifs is 12. The standard InChI is InChI=1S/C82H74N4/c1-79(2,3)53-35-31-51(32-36-53)63-47-55(81(7,8)9)39-43-69(63)83(57-23-15-13-16-24-57)71-45-41-59-65-49-74-66(50-73(65)85-67-29-21-19-27-61(67)75(71)77(59)85)60-42-46-72(76-62-28-20-22-30-68(62)86(74)78(60)76)84(58-25-17-14-18-26-58)70-44-40-56(82(10,11)12)48-64(70)52-33-37-54(38-34-52)80(4,5)6/h13-50H,1-12H3. The van der Waals surface area contributed by atoms with Gasteiger partial charge in [-0.3, -0.25) is 0 Å². The van der Waals surface area contributed by atoms with Crippen LogP contribution in [-0.4, -0.2) is 8.80 Å². The highest BCUT2D eigenvalue weighted by molar-refractivity contribution is 6.32. The number of para-hydroxylation sites is 4.